The summed E-state index contributed by atoms with van der Waals surface area (Å²) in [5, 5.41) is 9.94. The monoisotopic (exact) mass is 160 g/mol. The normalized spacial score (nSPS) is 41.7. The molecule has 1 aliphatic rings. The summed E-state index contributed by atoms with van der Waals surface area (Å²) >= 11 is 1.96. The summed E-state index contributed by atoms with van der Waals surface area (Å²) in [6, 6.07) is 0. The van der Waals surface area contributed by atoms with E-state index in [1.54, 1.807) is 0 Å². The van der Waals surface area contributed by atoms with E-state index in [1.807, 2.05) is 11.8 Å². The van der Waals surface area contributed by atoms with E-state index in [2.05, 4.69) is 13.8 Å². The summed E-state index contributed by atoms with van der Waals surface area (Å²) in [4.78, 5) is 0. The van der Waals surface area contributed by atoms with Crippen LogP contribution in [0.4, 0.5) is 0 Å². The number of hydrogen-bond donors (Lipinski definition) is 1. The summed E-state index contributed by atoms with van der Waals surface area (Å²) < 4.78 is 0. The molecule has 1 saturated heterocycles. The fourth-order valence-corrected chi connectivity index (χ4v) is 2.76. The van der Waals surface area contributed by atoms with E-state index in [0.717, 1.165) is 24.3 Å². The number of hydrogen-bond acceptors (Lipinski definition) is 2. The van der Waals surface area contributed by atoms with Gasteiger partial charge < -0.3 is 5.11 Å². The lowest BCUT2D eigenvalue weighted by Crippen LogP contribution is -2.40. The average molecular weight is 160 g/mol. The van der Waals surface area contributed by atoms with Gasteiger partial charge in [-0.05, 0) is 30.3 Å². The molecule has 1 fully saturated rings. The zero-order chi connectivity index (χ0) is 7.61. The lowest BCUT2D eigenvalue weighted by molar-refractivity contribution is -0.0123. The molecular weight excluding hydrogens is 144 g/mol. The molecular formula is C8H16OS. The van der Waals surface area contributed by atoms with Crippen molar-refractivity contribution in [2.45, 2.75) is 32.3 Å². The summed E-state index contributed by atoms with van der Waals surface area (Å²) in [6.07, 6.45) is 1.89. The highest BCUT2D eigenvalue weighted by atomic mass is 32.2. The molecule has 2 unspecified atom stereocenters. The van der Waals surface area contributed by atoms with E-state index in [1.165, 1.54) is 0 Å². The molecule has 0 saturated carbocycles. The molecule has 10 heavy (non-hydrogen) atoms. The van der Waals surface area contributed by atoms with E-state index >= 15 is 0 Å². The first-order valence-electron chi connectivity index (χ1n) is 3.99. The zero-order valence-electron chi connectivity index (χ0n) is 6.76. The molecule has 1 aliphatic heterocycles. The molecule has 0 aliphatic carbocycles. The topological polar surface area (TPSA) is 20.2 Å². The summed E-state index contributed by atoms with van der Waals surface area (Å²) in [5.41, 5.74) is -0.342. The maximum atomic E-state index is 9.94. The van der Waals surface area contributed by atoms with Gasteiger partial charge in [0, 0.05) is 0 Å². The number of rotatable bonds is 1. The van der Waals surface area contributed by atoms with Gasteiger partial charge in [0.15, 0.2) is 0 Å². The Labute approximate surface area is 67.2 Å². The van der Waals surface area contributed by atoms with Gasteiger partial charge in [-0.15, -0.1) is 0 Å². The first kappa shape index (κ1) is 8.41. The minimum Gasteiger partial charge on any atom is -0.390 e. The van der Waals surface area contributed by atoms with Crippen LogP contribution in [0.25, 0.3) is 0 Å². The Morgan fingerprint density at radius 1 is 1.70 bits per heavy atom. The van der Waals surface area contributed by atoms with Gasteiger partial charge in [0.2, 0.25) is 0 Å². The summed E-state index contributed by atoms with van der Waals surface area (Å²) in [6.45, 7) is 4.22. The third-order valence-electron chi connectivity index (χ3n) is 2.58. The molecule has 2 heteroatoms. The molecule has 1 heterocycles. The van der Waals surface area contributed by atoms with Crippen molar-refractivity contribution in [2.75, 3.05) is 11.5 Å². The van der Waals surface area contributed by atoms with Gasteiger partial charge in [0.05, 0.1) is 5.60 Å². The molecule has 60 valence electrons. The lowest BCUT2D eigenvalue weighted by Gasteiger charge is -2.36. The Hall–Kier alpha value is 0.310. The molecule has 0 bridgehead atoms. The summed E-state index contributed by atoms with van der Waals surface area (Å²) in [5.74, 6) is 2.75. The Morgan fingerprint density at radius 2 is 2.40 bits per heavy atom. The van der Waals surface area contributed by atoms with Gasteiger partial charge >= 0.3 is 0 Å². The highest BCUT2D eigenvalue weighted by molar-refractivity contribution is 7.99. The van der Waals surface area contributed by atoms with Crippen molar-refractivity contribution in [2.24, 2.45) is 5.92 Å². The minimum atomic E-state index is -0.342. The van der Waals surface area contributed by atoms with Crippen LogP contribution in [0.15, 0.2) is 0 Å². The van der Waals surface area contributed by atoms with Crippen LogP contribution < -0.4 is 0 Å². The highest BCUT2D eigenvalue weighted by Crippen LogP contribution is 2.34. The van der Waals surface area contributed by atoms with Gasteiger partial charge in [0.1, 0.15) is 0 Å². The molecule has 0 spiro atoms. The maximum absolute atomic E-state index is 9.94. The minimum absolute atomic E-state index is 0.342. The van der Waals surface area contributed by atoms with Crippen molar-refractivity contribution in [3.05, 3.63) is 0 Å². The second-order valence-corrected chi connectivity index (χ2v) is 4.33. The molecule has 0 aromatic rings. The Kier molecular flexibility index (Phi) is 2.64. The molecule has 1 nitrogen and oxygen atoms in total. The van der Waals surface area contributed by atoms with Crippen LogP contribution in [0.5, 0.6) is 0 Å². The van der Waals surface area contributed by atoms with Gasteiger partial charge in [-0.25, -0.2) is 0 Å². The van der Waals surface area contributed by atoms with Gasteiger partial charge in [-0.2, -0.15) is 11.8 Å². The average Bonchev–Trinajstić information content (AvgIpc) is 1.96. The van der Waals surface area contributed by atoms with Crippen LogP contribution in [0, 0.1) is 5.92 Å². The Bertz CT molecular complexity index is 116. The maximum Gasteiger partial charge on any atom is 0.0686 e. The predicted octanol–water partition coefficient (Wildman–Crippen LogP) is 1.90. The third-order valence-corrected chi connectivity index (χ3v) is 3.81. The second-order valence-electron chi connectivity index (χ2n) is 3.18. The van der Waals surface area contributed by atoms with E-state index in [4.69, 9.17) is 0 Å². The van der Waals surface area contributed by atoms with Crippen molar-refractivity contribution < 1.29 is 5.11 Å². The van der Waals surface area contributed by atoms with Crippen LogP contribution in [0.3, 0.4) is 0 Å². The van der Waals surface area contributed by atoms with E-state index in [9.17, 15) is 5.11 Å². The first-order valence-corrected chi connectivity index (χ1v) is 5.14. The van der Waals surface area contributed by atoms with Crippen molar-refractivity contribution in [1.82, 2.24) is 0 Å². The number of aliphatic hydroxyl groups is 1. The van der Waals surface area contributed by atoms with Crippen LogP contribution in [0.2, 0.25) is 0 Å². The molecule has 0 aromatic heterocycles. The first-order chi connectivity index (χ1) is 4.69. The van der Waals surface area contributed by atoms with Crippen LogP contribution in [0.1, 0.15) is 26.7 Å². The predicted molar refractivity (Wildman–Crippen MR) is 46.3 cm³/mol. The highest BCUT2D eigenvalue weighted by Gasteiger charge is 2.34. The SMILES string of the molecule is CCC1(O)CCSCC1C. The molecule has 0 amide bonds. The van der Waals surface area contributed by atoms with E-state index < -0.39 is 0 Å². The van der Waals surface area contributed by atoms with Crippen LogP contribution in [-0.4, -0.2) is 22.2 Å². The molecule has 1 rings (SSSR count). The fourth-order valence-electron chi connectivity index (χ4n) is 1.44. The van der Waals surface area contributed by atoms with Crippen molar-refractivity contribution in [3.8, 4) is 0 Å². The quantitative estimate of drug-likeness (QED) is 0.632. The van der Waals surface area contributed by atoms with Crippen LogP contribution in [-0.2, 0) is 0 Å². The third kappa shape index (κ3) is 1.48. The molecule has 1 N–H and O–H groups in total. The Balaban J connectivity index is 2.54. The van der Waals surface area contributed by atoms with Gasteiger partial charge in [-0.1, -0.05) is 13.8 Å². The molecule has 2 atom stereocenters. The van der Waals surface area contributed by atoms with E-state index in [-0.39, 0.29) is 5.60 Å². The standard InChI is InChI=1S/C8H16OS/c1-3-8(9)4-5-10-6-7(8)2/h7,9H,3-6H2,1-2H3. The second kappa shape index (κ2) is 3.14. The fraction of sp³-hybridized carbons (Fsp3) is 1.00. The zero-order valence-corrected chi connectivity index (χ0v) is 7.58. The van der Waals surface area contributed by atoms with Crippen molar-refractivity contribution >= 4 is 11.8 Å². The van der Waals surface area contributed by atoms with Gasteiger partial charge in [-0.3, -0.25) is 0 Å². The van der Waals surface area contributed by atoms with Gasteiger partial charge in [0.25, 0.3) is 0 Å². The number of thioether (sulfide) groups is 1. The molecule has 0 aromatic carbocycles. The lowest BCUT2D eigenvalue weighted by atomic mass is 9.85. The van der Waals surface area contributed by atoms with Crippen molar-refractivity contribution in [3.63, 3.8) is 0 Å². The van der Waals surface area contributed by atoms with E-state index in [0.29, 0.717) is 5.92 Å². The Morgan fingerprint density at radius 3 is 2.80 bits per heavy atom. The largest absolute Gasteiger partial charge is 0.390 e. The smallest absolute Gasteiger partial charge is 0.0686 e. The van der Waals surface area contributed by atoms with Crippen molar-refractivity contribution in [1.29, 1.82) is 0 Å². The summed E-state index contributed by atoms with van der Waals surface area (Å²) in [7, 11) is 0. The van der Waals surface area contributed by atoms with Crippen LogP contribution >= 0.6 is 11.8 Å². The molecule has 0 radical (unpaired) electrons.